The second-order valence-corrected chi connectivity index (χ2v) is 6.48. The summed E-state index contributed by atoms with van der Waals surface area (Å²) in [6, 6.07) is 4.96. The molecule has 7 heteroatoms. The molecule has 2 amide bonds. The van der Waals surface area contributed by atoms with E-state index in [0.717, 1.165) is 26.2 Å². The molecule has 3 aliphatic heterocycles. The molecule has 0 unspecified atom stereocenters. The lowest BCUT2D eigenvalue weighted by molar-refractivity contribution is -1.01. The van der Waals surface area contributed by atoms with Crippen LogP contribution in [-0.2, 0) is 9.59 Å². The average molecular weight is 319 g/mol. The first-order valence-electron chi connectivity index (χ1n) is 8.06. The Morgan fingerprint density at radius 3 is 2.61 bits per heavy atom. The first-order chi connectivity index (χ1) is 11.1. The summed E-state index contributed by atoms with van der Waals surface area (Å²) in [6.45, 7) is 4.13. The molecule has 4 rings (SSSR count). The Labute approximate surface area is 134 Å². The van der Waals surface area contributed by atoms with Crippen molar-refractivity contribution >= 4 is 17.5 Å². The van der Waals surface area contributed by atoms with E-state index in [-0.39, 0.29) is 24.6 Å². The third-order valence-corrected chi connectivity index (χ3v) is 5.00. The van der Waals surface area contributed by atoms with Gasteiger partial charge in [0.05, 0.1) is 19.2 Å². The highest BCUT2D eigenvalue weighted by Gasteiger charge is 2.46. The lowest BCUT2D eigenvalue weighted by Crippen LogP contribution is -3.29. The number of amides is 2. The Hall–Kier alpha value is -2.12. The Balaban J connectivity index is 1.56. The van der Waals surface area contributed by atoms with E-state index in [1.54, 1.807) is 18.2 Å². The summed E-state index contributed by atoms with van der Waals surface area (Å²) in [5.74, 6) is 1.01. The number of fused-ring (bicyclic) bond motifs is 1. The molecule has 3 heterocycles. The van der Waals surface area contributed by atoms with E-state index in [1.807, 2.05) is 0 Å². The van der Waals surface area contributed by atoms with Crippen LogP contribution < -0.4 is 24.2 Å². The second kappa shape index (κ2) is 5.50. The highest BCUT2D eigenvalue weighted by Crippen LogP contribution is 2.36. The summed E-state index contributed by atoms with van der Waals surface area (Å²) in [5, 5.41) is 0. The van der Waals surface area contributed by atoms with Crippen molar-refractivity contribution in [1.82, 2.24) is 0 Å². The van der Waals surface area contributed by atoms with Gasteiger partial charge in [0.2, 0.25) is 12.7 Å². The minimum absolute atomic E-state index is 0.0941. The van der Waals surface area contributed by atoms with Crippen LogP contribution in [0.2, 0.25) is 0 Å². The number of rotatable bonds is 2. The molecule has 2 fully saturated rings. The van der Waals surface area contributed by atoms with E-state index in [0.29, 0.717) is 23.6 Å². The number of ether oxygens (including phenoxy) is 2. The van der Waals surface area contributed by atoms with Crippen molar-refractivity contribution < 1.29 is 28.9 Å². The van der Waals surface area contributed by atoms with Crippen molar-refractivity contribution in [3.8, 4) is 11.5 Å². The topological polar surface area (TPSA) is 64.7 Å². The van der Waals surface area contributed by atoms with Crippen LogP contribution in [0.1, 0.15) is 6.42 Å². The zero-order valence-corrected chi connectivity index (χ0v) is 13.1. The molecule has 1 aromatic rings. The molecule has 0 radical (unpaired) electrons. The van der Waals surface area contributed by atoms with E-state index >= 15 is 0 Å². The Bertz CT molecular complexity index is 655. The number of carbonyl (C=O) groups is 2. The summed E-state index contributed by atoms with van der Waals surface area (Å²) < 4.78 is 10.6. The number of imide groups is 1. The minimum atomic E-state index is -0.249. The summed E-state index contributed by atoms with van der Waals surface area (Å²) in [6.07, 6.45) is 0.293. The van der Waals surface area contributed by atoms with Crippen LogP contribution in [-0.4, -0.2) is 57.9 Å². The van der Waals surface area contributed by atoms with Crippen LogP contribution in [0.3, 0.4) is 0 Å². The average Bonchev–Trinajstić information content (AvgIpc) is 3.12. The molecule has 0 bridgehead atoms. The number of hydrogen-bond donors (Lipinski definition) is 2. The predicted octanol–water partition coefficient (Wildman–Crippen LogP) is -2.54. The number of benzene rings is 1. The molecule has 122 valence electrons. The molecule has 23 heavy (non-hydrogen) atoms. The van der Waals surface area contributed by atoms with Gasteiger partial charge in [-0.15, -0.1) is 0 Å². The Morgan fingerprint density at radius 1 is 1.09 bits per heavy atom. The van der Waals surface area contributed by atoms with Gasteiger partial charge in [-0.2, -0.15) is 0 Å². The van der Waals surface area contributed by atoms with Gasteiger partial charge in [0.15, 0.2) is 17.5 Å². The zero-order valence-electron chi connectivity index (χ0n) is 13.1. The number of anilines is 1. The molecule has 2 saturated heterocycles. The van der Waals surface area contributed by atoms with E-state index in [1.165, 1.54) is 14.7 Å². The standard InChI is InChI=1S/C16H19N3O4/c1-17-4-6-18(7-5-17)12-9-15(20)19(16(12)21)11-2-3-13-14(8-11)23-10-22-13/h2-3,8,12H,4-7,9-10H2,1H3/p+2/t12-/m1/s1. The zero-order chi connectivity index (χ0) is 16.0. The van der Waals surface area contributed by atoms with E-state index in [2.05, 4.69) is 7.05 Å². The quantitative estimate of drug-likeness (QED) is 0.590. The summed E-state index contributed by atoms with van der Waals surface area (Å²) in [4.78, 5) is 29.2. The highest BCUT2D eigenvalue weighted by molar-refractivity contribution is 6.22. The van der Waals surface area contributed by atoms with Crippen molar-refractivity contribution in [2.45, 2.75) is 12.5 Å². The lowest BCUT2D eigenvalue weighted by Gasteiger charge is -2.30. The molecule has 1 atom stereocenters. The van der Waals surface area contributed by atoms with Gasteiger partial charge < -0.3 is 19.3 Å². The van der Waals surface area contributed by atoms with Crippen molar-refractivity contribution in [2.75, 3.05) is 44.9 Å². The SMILES string of the molecule is C[NH+]1CC[NH+]([C@@H]2CC(=O)N(c3ccc4c(c3)OCO4)C2=O)CC1. The van der Waals surface area contributed by atoms with Gasteiger partial charge in [-0.1, -0.05) is 0 Å². The summed E-state index contributed by atoms with van der Waals surface area (Å²) >= 11 is 0. The molecule has 0 aliphatic carbocycles. The molecule has 1 aromatic carbocycles. The van der Waals surface area contributed by atoms with Gasteiger partial charge in [-0.25, -0.2) is 4.90 Å². The fourth-order valence-corrected chi connectivity index (χ4v) is 3.59. The van der Waals surface area contributed by atoms with Crippen molar-refractivity contribution in [3.05, 3.63) is 18.2 Å². The second-order valence-electron chi connectivity index (χ2n) is 6.48. The molecule has 0 spiro atoms. The van der Waals surface area contributed by atoms with E-state index in [4.69, 9.17) is 9.47 Å². The van der Waals surface area contributed by atoms with Gasteiger partial charge in [-0.3, -0.25) is 9.59 Å². The Morgan fingerprint density at radius 2 is 1.83 bits per heavy atom. The highest BCUT2D eigenvalue weighted by atomic mass is 16.7. The molecule has 0 saturated carbocycles. The summed E-state index contributed by atoms with van der Waals surface area (Å²) in [7, 11) is 2.16. The van der Waals surface area contributed by atoms with E-state index < -0.39 is 0 Å². The molecule has 3 aliphatic rings. The first kappa shape index (κ1) is 14.5. The normalized spacial score (nSPS) is 30.1. The fourth-order valence-electron chi connectivity index (χ4n) is 3.59. The van der Waals surface area contributed by atoms with Crippen molar-refractivity contribution in [1.29, 1.82) is 0 Å². The smallest absolute Gasteiger partial charge is 0.292 e. The van der Waals surface area contributed by atoms with Crippen LogP contribution in [0.15, 0.2) is 18.2 Å². The van der Waals surface area contributed by atoms with Crippen LogP contribution >= 0.6 is 0 Å². The minimum Gasteiger partial charge on any atom is -0.454 e. The number of nitrogens with one attached hydrogen (secondary N) is 2. The maximum atomic E-state index is 12.8. The number of quaternary nitrogens is 2. The van der Waals surface area contributed by atoms with Crippen molar-refractivity contribution in [3.63, 3.8) is 0 Å². The first-order valence-corrected chi connectivity index (χ1v) is 8.06. The number of hydrogen-bond acceptors (Lipinski definition) is 4. The van der Waals surface area contributed by atoms with Gasteiger partial charge in [0.1, 0.15) is 26.2 Å². The molecular weight excluding hydrogens is 298 g/mol. The monoisotopic (exact) mass is 319 g/mol. The third-order valence-electron chi connectivity index (χ3n) is 5.00. The van der Waals surface area contributed by atoms with Crippen LogP contribution in [0.4, 0.5) is 5.69 Å². The third kappa shape index (κ3) is 2.46. The molecular formula is C16H21N3O4+2. The molecule has 2 N–H and O–H groups in total. The van der Waals surface area contributed by atoms with Crippen molar-refractivity contribution in [2.24, 2.45) is 0 Å². The van der Waals surface area contributed by atoms with Crippen LogP contribution in [0.25, 0.3) is 0 Å². The van der Waals surface area contributed by atoms with Gasteiger partial charge in [-0.05, 0) is 12.1 Å². The van der Waals surface area contributed by atoms with Crippen LogP contribution in [0, 0.1) is 0 Å². The van der Waals surface area contributed by atoms with E-state index in [9.17, 15) is 9.59 Å². The van der Waals surface area contributed by atoms with Gasteiger partial charge in [0.25, 0.3) is 5.91 Å². The van der Waals surface area contributed by atoms with Crippen LogP contribution in [0.5, 0.6) is 11.5 Å². The van der Waals surface area contributed by atoms with Gasteiger partial charge >= 0.3 is 0 Å². The summed E-state index contributed by atoms with van der Waals surface area (Å²) in [5.41, 5.74) is 0.575. The Kier molecular flexibility index (Phi) is 3.46. The number of nitrogens with zero attached hydrogens (tertiary/aromatic N) is 1. The molecule has 7 nitrogen and oxygen atoms in total. The molecule has 0 aromatic heterocycles. The predicted molar refractivity (Wildman–Crippen MR) is 80.8 cm³/mol. The fraction of sp³-hybridized carbons (Fsp3) is 0.500. The maximum absolute atomic E-state index is 12.8. The lowest BCUT2D eigenvalue weighted by atomic mass is 10.2. The van der Waals surface area contributed by atoms with Gasteiger partial charge in [0, 0.05) is 6.07 Å². The number of likely N-dealkylation sites (N-methyl/N-ethyl adjacent to an activating group) is 1. The number of piperazine rings is 1. The maximum Gasteiger partial charge on any atom is 0.292 e. The largest absolute Gasteiger partial charge is 0.454 e. The number of carbonyl (C=O) groups excluding carboxylic acids is 2.